The molecule has 2 rings (SSSR count). The fourth-order valence-corrected chi connectivity index (χ4v) is 6.13. The first-order chi connectivity index (χ1) is 6.89. The van der Waals surface area contributed by atoms with Crippen molar-refractivity contribution in [1.29, 1.82) is 0 Å². The van der Waals surface area contributed by atoms with Crippen molar-refractivity contribution < 1.29 is 0 Å². The van der Waals surface area contributed by atoms with Gasteiger partial charge in [-0.15, -0.1) is 0 Å². The number of hydrogen-bond donors (Lipinski definition) is 0. The Labute approximate surface area is 99.1 Å². The molecule has 0 saturated carbocycles. The summed E-state index contributed by atoms with van der Waals surface area (Å²) >= 11 is 3.91. The van der Waals surface area contributed by atoms with Gasteiger partial charge in [0.1, 0.15) is 0 Å². The quantitative estimate of drug-likeness (QED) is 0.736. The van der Waals surface area contributed by atoms with E-state index in [4.69, 9.17) is 11.6 Å². The van der Waals surface area contributed by atoms with E-state index in [1.54, 1.807) is 0 Å². The molecule has 0 radical (unpaired) electrons. The van der Waals surface area contributed by atoms with E-state index >= 15 is 0 Å². The summed E-state index contributed by atoms with van der Waals surface area (Å²) in [7, 11) is 2.00. The van der Waals surface area contributed by atoms with Gasteiger partial charge in [0, 0.05) is 0 Å². The number of fused-ring (bicyclic) bond motifs is 1. The zero-order valence-corrected chi connectivity index (χ0v) is 13.1. The van der Waals surface area contributed by atoms with E-state index in [2.05, 4.69) is 19.9 Å². The third-order valence-corrected chi connectivity index (χ3v) is 7.87. The molecule has 0 unspecified atom stereocenters. The predicted molar refractivity (Wildman–Crippen MR) is 68.7 cm³/mol. The molecular weight excluding hydrogens is 314 g/mol. The van der Waals surface area contributed by atoms with E-state index in [1.165, 1.54) is 14.6 Å². The minimum atomic E-state index is -2.13. The molecule has 80 valence electrons. The molecule has 0 aliphatic carbocycles. The van der Waals surface area contributed by atoms with Crippen molar-refractivity contribution in [3.63, 3.8) is 0 Å². The summed E-state index contributed by atoms with van der Waals surface area (Å²) in [4.78, 5) is 7.12. The Hall–Kier alpha value is -0.221. The first-order valence-corrected chi connectivity index (χ1v) is 15.4. The second-order valence-corrected chi connectivity index (χ2v) is 19.5. The number of aryl methyl sites for hydroxylation is 1. The molecule has 4 heteroatoms. The fraction of sp³-hybridized carbons (Fsp3) is 0.364. The van der Waals surface area contributed by atoms with Gasteiger partial charge >= 0.3 is 99.5 Å². The van der Waals surface area contributed by atoms with Crippen LogP contribution < -0.4 is 3.71 Å². The molecule has 2 nitrogen and oxygen atoms in total. The molecule has 0 aliphatic rings. The molecule has 1 aromatic carbocycles. The Balaban J connectivity index is 2.81. The third kappa shape index (κ3) is 2.02. The van der Waals surface area contributed by atoms with Crippen LogP contribution in [-0.4, -0.2) is 28.2 Å². The van der Waals surface area contributed by atoms with Crippen molar-refractivity contribution >= 4 is 44.6 Å². The van der Waals surface area contributed by atoms with Gasteiger partial charge in [-0.2, -0.15) is 0 Å². The van der Waals surface area contributed by atoms with Crippen LogP contribution in [0.4, 0.5) is 0 Å². The van der Waals surface area contributed by atoms with Gasteiger partial charge in [0.25, 0.3) is 0 Å². The first-order valence-electron chi connectivity index (χ1n) is 5.02. The molecule has 0 atom stereocenters. The van der Waals surface area contributed by atoms with Crippen LogP contribution in [0.3, 0.4) is 0 Å². The molecule has 0 amide bonds. The molecule has 15 heavy (non-hydrogen) atoms. The van der Waals surface area contributed by atoms with Gasteiger partial charge in [-0.05, 0) is 0 Å². The van der Waals surface area contributed by atoms with Gasteiger partial charge in [-0.1, -0.05) is 0 Å². The van der Waals surface area contributed by atoms with Crippen LogP contribution >= 0.6 is 11.6 Å². The van der Waals surface area contributed by atoms with Gasteiger partial charge in [-0.3, -0.25) is 0 Å². The molecule has 0 spiro atoms. The van der Waals surface area contributed by atoms with Crippen LogP contribution in [0.5, 0.6) is 0 Å². The summed E-state index contributed by atoms with van der Waals surface area (Å²) in [5.74, 6) is 0. The molecular formula is C11H15ClN2Sn. The van der Waals surface area contributed by atoms with Gasteiger partial charge in [-0.25, -0.2) is 0 Å². The fourth-order valence-electron chi connectivity index (χ4n) is 1.79. The number of nitrogens with zero attached hydrogens (tertiary/aromatic N) is 2. The van der Waals surface area contributed by atoms with Crippen molar-refractivity contribution in [3.8, 4) is 0 Å². The average Bonchev–Trinajstić information content (AvgIpc) is 2.42. The minimum absolute atomic E-state index is 0.798. The Morgan fingerprint density at radius 1 is 1.27 bits per heavy atom. The van der Waals surface area contributed by atoms with Gasteiger partial charge in [0.2, 0.25) is 0 Å². The number of rotatable bonds is 1. The van der Waals surface area contributed by atoms with Crippen molar-refractivity contribution in [2.24, 2.45) is 7.05 Å². The average molecular weight is 329 g/mol. The molecule has 0 saturated heterocycles. The van der Waals surface area contributed by atoms with Crippen LogP contribution in [0.2, 0.25) is 19.8 Å². The molecule has 2 aromatic rings. The van der Waals surface area contributed by atoms with E-state index in [0.29, 0.717) is 0 Å². The molecule has 0 aliphatic heterocycles. The third-order valence-electron chi connectivity index (χ3n) is 2.52. The first kappa shape index (κ1) is 11.3. The van der Waals surface area contributed by atoms with Gasteiger partial charge in [0.05, 0.1) is 0 Å². The van der Waals surface area contributed by atoms with Gasteiger partial charge < -0.3 is 0 Å². The molecule has 0 fully saturated rings. The summed E-state index contributed by atoms with van der Waals surface area (Å²) in [6, 6.07) is 6.01. The number of hydrogen-bond acceptors (Lipinski definition) is 1. The van der Waals surface area contributed by atoms with E-state index in [-0.39, 0.29) is 0 Å². The van der Waals surface area contributed by atoms with Crippen molar-refractivity contribution in [1.82, 2.24) is 9.78 Å². The zero-order valence-electron chi connectivity index (χ0n) is 9.50. The topological polar surface area (TPSA) is 17.8 Å². The van der Waals surface area contributed by atoms with Crippen LogP contribution in [0.25, 0.3) is 10.9 Å². The standard InChI is InChI=1S/C8H6ClN2.3CH3.Sn/c1-11-8-3-2-7(9)4-6(8)5-10-11;;;;/h2-4H,1H3;3*1H3;. The SMILES string of the molecule is Cn1n[c]([Sn]([CH3])([CH3])[CH3])c2cc(Cl)ccc21. The summed E-state index contributed by atoms with van der Waals surface area (Å²) in [6.45, 7) is 0. The Morgan fingerprint density at radius 3 is 2.53 bits per heavy atom. The number of halogens is 1. The maximum atomic E-state index is 6.04. The number of benzene rings is 1. The summed E-state index contributed by atoms with van der Waals surface area (Å²) in [6.07, 6.45) is 0. The maximum absolute atomic E-state index is 6.04. The zero-order chi connectivity index (χ0) is 11.2. The van der Waals surface area contributed by atoms with E-state index in [1.807, 2.05) is 29.9 Å². The van der Waals surface area contributed by atoms with E-state index in [9.17, 15) is 0 Å². The Morgan fingerprint density at radius 2 is 1.93 bits per heavy atom. The Kier molecular flexibility index (Phi) is 2.75. The van der Waals surface area contributed by atoms with E-state index in [0.717, 1.165) is 5.02 Å². The number of aromatic nitrogens is 2. The Bertz CT molecular complexity index is 511. The van der Waals surface area contributed by atoms with Crippen LogP contribution in [-0.2, 0) is 7.05 Å². The van der Waals surface area contributed by atoms with Crippen molar-refractivity contribution in [2.45, 2.75) is 14.8 Å². The van der Waals surface area contributed by atoms with Crippen molar-refractivity contribution in [3.05, 3.63) is 23.2 Å². The second kappa shape index (κ2) is 3.66. The molecule has 1 heterocycles. The summed E-state index contributed by atoms with van der Waals surface area (Å²) in [5.41, 5.74) is 1.18. The normalized spacial score (nSPS) is 12.3. The second-order valence-electron chi connectivity index (χ2n) is 4.88. The van der Waals surface area contributed by atoms with Crippen LogP contribution in [0, 0.1) is 0 Å². The summed E-state index contributed by atoms with van der Waals surface area (Å²) < 4.78 is 3.27. The van der Waals surface area contributed by atoms with Crippen molar-refractivity contribution in [2.75, 3.05) is 0 Å². The van der Waals surface area contributed by atoms with E-state index < -0.39 is 18.4 Å². The summed E-state index contributed by atoms with van der Waals surface area (Å²) in [5, 5.41) is 6.70. The monoisotopic (exact) mass is 330 g/mol. The molecule has 0 N–H and O–H groups in total. The predicted octanol–water partition coefficient (Wildman–Crippen LogP) is 2.77. The van der Waals surface area contributed by atoms with Crippen LogP contribution in [0.1, 0.15) is 0 Å². The van der Waals surface area contributed by atoms with Crippen LogP contribution in [0.15, 0.2) is 18.2 Å². The molecule has 1 aromatic heterocycles. The van der Waals surface area contributed by atoms with Gasteiger partial charge in [0.15, 0.2) is 0 Å². The molecule has 0 bridgehead atoms.